The Kier molecular flexibility index (Phi) is 4.18. The average molecular weight is 386 g/mol. The van der Waals surface area contributed by atoms with Crippen LogP contribution < -0.4 is 0 Å². The van der Waals surface area contributed by atoms with Crippen LogP contribution in [0.25, 0.3) is 22.2 Å². The summed E-state index contributed by atoms with van der Waals surface area (Å²) < 4.78 is 13.5. The maximum atomic E-state index is 13.5. The van der Waals surface area contributed by atoms with Crippen LogP contribution in [-0.2, 0) is 0 Å². The van der Waals surface area contributed by atoms with Crippen molar-refractivity contribution < 1.29 is 14.3 Å². The number of aromatic nitrogens is 1. The van der Waals surface area contributed by atoms with Gasteiger partial charge in [-0.1, -0.05) is 36.4 Å². The number of para-hydroxylation sites is 1. The van der Waals surface area contributed by atoms with Gasteiger partial charge in [0.15, 0.2) is 0 Å². The molecule has 29 heavy (non-hydrogen) atoms. The molecule has 0 saturated heterocycles. The number of H-pyrrole nitrogens is 1. The van der Waals surface area contributed by atoms with Crippen molar-refractivity contribution in [1.82, 2.24) is 9.88 Å². The number of carbonyl (C=O) groups excluding carboxylic acids is 1. The van der Waals surface area contributed by atoms with Crippen molar-refractivity contribution in [3.05, 3.63) is 95.3 Å². The van der Waals surface area contributed by atoms with E-state index in [1.165, 1.54) is 12.1 Å². The van der Waals surface area contributed by atoms with Crippen LogP contribution in [-0.4, -0.2) is 34.0 Å². The molecule has 4 nitrogen and oxygen atoms in total. The van der Waals surface area contributed by atoms with E-state index in [1.54, 1.807) is 17.0 Å². The molecule has 5 rings (SSSR count). The Morgan fingerprint density at radius 3 is 2.48 bits per heavy atom. The second-order valence-corrected chi connectivity index (χ2v) is 7.18. The number of aliphatic hydroxyl groups is 1. The van der Waals surface area contributed by atoms with Crippen molar-refractivity contribution in [3.63, 3.8) is 0 Å². The lowest BCUT2D eigenvalue weighted by atomic mass is 9.93. The first-order valence-electron chi connectivity index (χ1n) is 9.56. The third-order valence-electron chi connectivity index (χ3n) is 5.55. The molecule has 2 N–H and O–H groups in total. The van der Waals surface area contributed by atoms with Crippen LogP contribution in [0, 0.1) is 5.82 Å². The van der Waals surface area contributed by atoms with Crippen molar-refractivity contribution >= 4 is 16.8 Å². The maximum absolute atomic E-state index is 13.5. The molecule has 2 heterocycles. The molecule has 0 fully saturated rings. The SMILES string of the molecule is O=C1c2ccccc2[C@H](c2c(-c3ccc(F)cc3)[nH]c3ccccc23)N1CCO. The fraction of sp³-hybridized carbons (Fsp3) is 0.125. The van der Waals surface area contributed by atoms with Crippen LogP contribution in [0.3, 0.4) is 0 Å². The number of hydrogen-bond donors (Lipinski definition) is 2. The predicted octanol–water partition coefficient (Wildman–Crippen LogP) is 4.51. The third-order valence-corrected chi connectivity index (χ3v) is 5.55. The second-order valence-electron chi connectivity index (χ2n) is 7.18. The Morgan fingerprint density at radius 1 is 0.966 bits per heavy atom. The van der Waals surface area contributed by atoms with Crippen LogP contribution in [0.4, 0.5) is 4.39 Å². The lowest BCUT2D eigenvalue weighted by Gasteiger charge is -2.26. The number of hydrogen-bond acceptors (Lipinski definition) is 2. The lowest BCUT2D eigenvalue weighted by molar-refractivity contribution is 0.0713. The van der Waals surface area contributed by atoms with E-state index in [1.807, 2.05) is 48.5 Å². The molecule has 0 aliphatic carbocycles. The summed E-state index contributed by atoms with van der Waals surface area (Å²) in [6.07, 6.45) is 0. The standard InChI is InChI=1S/C24H19FN2O2/c25-16-11-9-15(10-12-16)22-21(19-7-3-4-8-20(19)26-22)23-17-5-1-2-6-18(17)24(29)27(23)13-14-28/h1-12,23,26,28H,13-14H2/t23-/m1/s1. The van der Waals surface area contributed by atoms with E-state index < -0.39 is 0 Å². The number of nitrogens with zero attached hydrogens (tertiary/aromatic N) is 1. The van der Waals surface area contributed by atoms with Crippen molar-refractivity contribution in [2.45, 2.75) is 6.04 Å². The summed E-state index contributed by atoms with van der Waals surface area (Å²) in [5.74, 6) is -0.385. The summed E-state index contributed by atoms with van der Waals surface area (Å²) in [5.41, 5.74) is 5.17. The molecule has 1 aromatic heterocycles. The first-order chi connectivity index (χ1) is 14.2. The lowest BCUT2D eigenvalue weighted by Crippen LogP contribution is -2.31. The van der Waals surface area contributed by atoms with Gasteiger partial charge in [-0.05, 0) is 47.5 Å². The molecule has 1 amide bonds. The highest BCUT2D eigenvalue weighted by Crippen LogP contribution is 2.45. The summed E-state index contributed by atoms with van der Waals surface area (Å²) in [4.78, 5) is 18.3. The number of carbonyl (C=O) groups is 1. The van der Waals surface area contributed by atoms with Crippen LogP contribution in [0.2, 0.25) is 0 Å². The monoisotopic (exact) mass is 386 g/mol. The Labute approximate surface area is 167 Å². The van der Waals surface area contributed by atoms with E-state index in [4.69, 9.17) is 0 Å². The Hall–Kier alpha value is -3.44. The first kappa shape index (κ1) is 17.6. The number of β-amino-alcohol motifs (C(OH)–C–C–N with tert-alkyl or cyclic N) is 1. The van der Waals surface area contributed by atoms with Gasteiger partial charge in [0.05, 0.1) is 18.3 Å². The number of rotatable bonds is 4. The Morgan fingerprint density at radius 2 is 1.69 bits per heavy atom. The Bertz CT molecular complexity index is 1210. The molecule has 144 valence electrons. The summed E-state index contributed by atoms with van der Waals surface area (Å²) in [7, 11) is 0. The molecule has 1 aliphatic rings. The Balaban J connectivity index is 1.80. The minimum Gasteiger partial charge on any atom is -0.395 e. The minimum absolute atomic E-state index is 0.0880. The van der Waals surface area contributed by atoms with Gasteiger partial charge in [0.25, 0.3) is 5.91 Å². The van der Waals surface area contributed by atoms with E-state index in [2.05, 4.69) is 4.98 Å². The van der Waals surface area contributed by atoms with Crippen molar-refractivity contribution in [3.8, 4) is 11.3 Å². The van der Waals surface area contributed by atoms with Gasteiger partial charge in [-0.15, -0.1) is 0 Å². The highest BCUT2D eigenvalue weighted by Gasteiger charge is 2.39. The molecule has 1 atom stereocenters. The number of aliphatic hydroxyl groups excluding tert-OH is 1. The van der Waals surface area contributed by atoms with Crippen LogP contribution in [0.1, 0.15) is 27.5 Å². The molecular weight excluding hydrogens is 367 g/mol. The zero-order valence-electron chi connectivity index (χ0n) is 15.6. The molecule has 0 radical (unpaired) electrons. The third kappa shape index (κ3) is 2.74. The molecule has 5 heteroatoms. The number of benzene rings is 3. The largest absolute Gasteiger partial charge is 0.395 e. The molecule has 0 saturated carbocycles. The topological polar surface area (TPSA) is 56.3 Å². The first-order valence-corrected chi connectivity index (χ1v) is 9.56. The van der Waals surface area contributed by atoms with E-state index in [0.717, 1.165) is 33.3 Å². The van der Waals surface area contributed by atoms with Gasteiger partial charge in [-0.3, -0.25) is 4.79 Å². The number of amides is 1. The van der Waals surface area contributed by atoms with Gasteiger partial charge in [0.1, 0.15) is 5.82 Å². The maximum Gasteiger partial charge on any atom is 0.255 e. The van der Waals surface area contributed by atoms with Gasteiger partial charge < -0.3 is 15.0 Å². The van der Waals surface area contributed by atoms with E-state index in [9.17, 15) is 14.3 Å². The molecule has 0 unspecified atom stereocenters. The van der Waals surface area contributed by atoms with E-state index in [-0.39, 0.29) is 30.9 Å². The quantitative estimate of drug-likeness (QED) is 0.542. The number of fused-ring (bicyclic) bond motifs is 2. The van der Waals surface area contributed by atoms with E-state index in [0.29, 0.717) is 5.56 Å². The predicted molar refractivity (Wildman–Crippen MR) is 110 cm³/mol. The number of halogens is 1. The van der Waals surface area contributed by atoms with Crippen LogP contribution in [0.5, 0.6) is 0 Å². The zero-order valence-corrected chi connectivity index (χ0v) is 15.6. The molecule has 0 spiro atoms. The summed E-state index contributed by atoms with van der Waals surface area (Å²) >= 11 is 0. The van der Waals surface area contributed by atoms with Crippen LogP contribution >= 0.6 is 0 Å². The van der Waals surface area contributed by atoms with Crippen LogP contribution in [0.15, 0.2) is 72.8 Å². The van der Waals surface area contributed by atoms with E-state index >= 15 is 0 Å². The second kappa shape index (κ2) is 6.87. The molecule has 1 aliphatic heterocycles. The molecule has 0 bridgehead atoms. The van der Waals surface area contributed by atoms with Gasteiger partial charge in [-0.2, -0.15) is 0 Å². The van der Waals surface area contributed by atoms with Crippen molar-refractivity contribution in [1.29, 1.82) is 0 Å². The fourth-order valence-corrected chi connectivity index (χ4v) is 4.31. The van der Waals surface area contributed by atoms with Gasteiger partial charge in [-0.25, -0.2) is 4.39 Å². The molecule has 3 aromatic carbocycles. The van der Waals surface area contributed by atoms with Gasteiger partial charge in [0, 0.05) is 28.6 Å². The molecule has 4 aromatic rings. The van der Waals surface area contributed by atoms with Crippen molar-refractivity contribution in [2.24, 2.45) is 0 Å². The average Bonchev–Trinajstić information content (AvgIpc) is 3.25. The summed E-state index contributed by atoms with van der Waals surface area (Å²) in [6.45, 7) is 0.116. The normalized spacial score (nSPS) is 15.9. The fourth-order valence-electron chi connectivity index (χ4n) is 4.31. The minimum atomic E-state index is -0.331. The van der Waals surface area contributed by atoms with Crippen molar-refractivity contribution in [2.75, 3.05) is 13.2 Å². The highest BCUT2D eigenvalue weighted by atomic mass is 19.1. The van der Waals surface area contributed by atoms with Gasteiger partial charge in [0.2, 0.25) is 0 Å². The zero-order chi connectivity index (χ0) is 20.0. The number of nitrogens with one attached hydrogen (secondary N) is 1. The summed E-state index contributed by atoms with van der Waals surface area (Å²) in [6, 6.07) is 21.5. The highest BCUT2D eigenvalue weighted by molar-refractivity contribution is 6.02. The number of aromatic amines is 1. The molecular formula is C24H19FN2O2. The van der Waals surface area contributed by atoms with Gasteiger partial charge >= 0.3 is 0 Å². The summed E-state index contributed by atoms with van der Waals surface area (Å²) in [5, 5.41) is 10.6. The smallest absolute Gasteiger partial charge is 0.255 e.